The van der Waals surface area contributed by atoms with Crippen molar-refractivity contribution in [1.82, 2.24) is 0 Å². The van der Waals surface area contributed by atoms with Gasteiger partial charge in [-0.2, -0.15) is 0 Å². The van der Waals surface area contributed by atoms with Crippen LogP contribution in [-0.4, -0.2) is 11.1 Å². The number of aliphatic carboxylic acids is 1. The van der Waals surface area contributed by atoms with E-state index in [4.69, 9.17) is 0 Å². The average Bonchev–Trinajstić information content (AvgIpc) is 2.39. The summed E-state index contributed by atoms with van der Waals surface area (Å²) >= 11 is 3.68. The lowest BCUT2D eigenvalue weighted by Crippen LogP contribution is -2.26. The number of benzene rings is 1. The summed E-state index contributed by atoms with van der Waals surface area (Å²) in [5.41, 5.74) is 1.76. The maximum Gasteiger partial charge on any atom is 0.309 e. The van der Waals surface area contributed by atoms with Gasteiger partial charge < -0.3 is 5.11 Å². The first-order chi connectivity index (χ1) is 9.40. The third-order valence-electron chi connectivity index (χ3n) is 4.33. The van der Waals surface area contributed by atoms with Crippen molar-refractivity contribution < 1.29 is 9.90 Å². The van der Waals surface area contributed by atoms with Crippen LogP contribution < -0.4 is 0 Å². The highest BCUT2D eigenvalue weighted by molar-refractivity contribution is 9.10. The third-order valence-corrected chi connectivity index (χ3v) is 5.02. The van der Waals surface area contributed by atoms with Crippen LogP contribution >= 0.6 is 15.9 Å². The lowest BCUT2D eigenvalue weighted by atomic mass is 9.82. The predicted molar refractivity (Wildman–Crippen MR) is 85.1 cm³/mol. The van der Waals surface area contributed by atoms with E-state index < -0.39 is 11.4 Å². The maximum atomic E-state index is 11.2. The summed E-state index contributed by atoms with van der Waals surface area (Å²) in [6.07, 6.45) is 7.12. The van der Waals surface area contributed by atoms with Gasteiger partial charge in [-0.1, -0.05) is 47.3 Å². The summed E-state index contributed by atoms with van der Waals surface area (Å²) in [5, 5.41) is 9.22. The number of carbonyl (C=O) groups is 1. The van der Waals surface area contributed by atoms with Gasteiger partial charge in [0, 0.05) is 4.47 Å². The second kappa shape index (κ2) is 6.30. The van der Waals surface area contributed by atoms with Crippen molar-refractivity contribution in [1.29, 1.82) is 0 Å². The largest absolute Gasteiger partial charge is 0.481 e. The second-order valence-corrected chi connectivity index (χ2v) is 7.41. The van der Waals surface area contributed by atoms with Gasteiger partial charge in [0.05, 0.1) is 5.41 Å². The monoisotopic (exact) mass is 338 g/mol. The fourth-order valence-corrected chi connectivity index (χ4v) is 3.76. The molecular weight excluding hydrogens is 316 g/mol. The summed E-state index contributed by atoms with van der Waals surface area (Å²) < 4.78 is 1.14. The zero-order valence-corrected chi connectivity index (χ0v) is 13.9. The van der Waals surface area contributed by atoms with Gasteiger partial charge in [0.2, 0.25) is 0 Å². The minimum atomic E-state index is -0.745. The van der Waals surface area contributed by atoms with Gasteiger partial charge in [-0.05, 0) is 56.2 Å². The van der Waals surface area contributed by atoms with Crippen LogP contribution in [0.25, 0.3) is 0 Å². The Morgan fingerprint density at radius 3 is 2.50 bits per heavy atom. The topological polar surface area (TPSA) is 37.3 Å². The summed E-state index contributed by atoms with van der Waals surface area (Å²) in [6, 6.07) is 6.39. The van der Waals surface area contributed by atoms with Crippen molar-refractivity contribution in [2.45, 2.75) is 58.3 Å². The van der Waals surface area contributed by atoms with E-state index in [0.29, 0.717) is 12.3 Å². The van der Waals surface area contributed by atoms with Crippen molar-refractivity contribution in [2.75, 3.05) is 0 Å². The van der Waals surface area contributed by atoms with E-state index in [1.807, 2.05) is 0 Å². The van der Waals surface area contributed by atoms with Crippen molar-refractivity contribution in [3.63, 3.8) is 0 Å². The summed E-state index contributed by atoms with van der Waals surface area (Å²) in [7, 11) is 0. The van der Waals surface area contributed by atoms with Crippen LogP contribution in [0.1, 0.15) is 63.0 Å². The summed E-state index contributed by atoms with van der Waals surface area (Å²) in [6.45, 7) is 3.55. The number of hydrogen-bond donors (Lipinski definition) is 1. The van der Waals surface area contributed by atoms with Crippen molar-refractivity contribution in [3.8, 4) is 0 Å². The SMILES string of the molecule is CC(C)(Cc1ccc(C2CCCCC2)c(Br)c1)C(=O)O. The molecule has 1 aliphatic carbocycles. The Hall–Kier alpha value is -0.830. The van der Waals surface area contributed by atoms with Crippen LogP contribution in [0.5, 0.6) is 0 Å². The van der Waals surface area contributed by atoms with E-state index in [0.717, 1.165) is 10.0 Å². The Labute approximate surface area is 129 Å². The number of carboxylic acid groups (broad SMARTS) is 1. The van der Waals surface area contributed by atoms with Gasteiger partial charge in [-0.15, -0.1) is 0 Å². The van der Waals surface area contributed by atoms with Crippen LogP contribution in [0.15, 0.2) is 22.7 Å². The normalized spacial score (nSPS) is 17.1. The molecule has 20 heavy (non-hydrogen) atoms. The van der Waals surface area contributed by atoms with Gasteiger partial charge in [-0.3, -0.25) is 4.79 Å². The molecule has 2 nitrogen and oxygen atoms in total. The third kappa shape index (κ3) is 3.63. The lowest BCUT2D eigenvalue weighted by Gasteiger charge is -2.24. The fourth-order valence-electron chi connectivity index (χ4n) is 3.01. The molecule has 0 spiro atoms. The molecule has 0 radical (unpaired) electrons. The predicted octanol–water partition coefficient (Wildman–Crippen LogP) is 5.15. The van der Waals surface area contributed by atoms with E-state index in [2.05, 4.69) is 34.1 Å². The molecule has 1 fully saturated rings. The van der Waals surface area contributed by atoms with Crippen LogP contribution in [-0.2, 0) is 11.2 Å². The van der Waals surface area contributed by atoms with Crippen LogP contribution in [0.3, 0.4) is 0 Å². The average molecular weight is 339 g/mol. The molecule has 0 amide bonds. The molecule has 110 valence electrons. The minimum absolute atomic E-state index is 0.561. The van der Waals surface area contributed by atoms with Crippen LogP contribution in [0.2, 0.25) is 0 Å². The quantitative estimate of drug-likeness (QED) is 0.824. The Balaban J connectivity index is 2.15. The highest BCUT2D eigenvalue weighted by atomic mass is 79.9. The lowest BCUT2D eigenvalue weighted by molar-refractivity contribution is -0.146. The maximum absolute atomic E-state index is 11.2. The Morgan fingerprint density at radius 1 is 1.30 bits per heavy atom. The van der Waals surface area contributed by atoms with E-state index in [-0.39, 0.29) is 0 Å². The molecule has 0 heterocycles. The Bertz CT molecular complexity index is 488. The molecule has 1 N–H and O–H groups in total. The zero-order valence-electron chi connectivity index (χ0n) is 12.3. The molecule has 1 aromatic rings. The highest BCUT2D eigenvalue weighted by Crippen LogP contribution is 2.37. The first-order valence-corrected chi connectivity index (χ1v) is 8.21. The number of halogens is 1. The van der Waals surface area contributed by atoms with Crippen molar-refractivity contribution >= 4 is 21.9 Å². The molecule has 1 aromatic carbocycles. The standard InChI is InChI=1S/C17H23BrO2/c1-17(2,16(19)20)11-12-8-9-14(15(18)10-12)13-6-4-3-5-7-13/h8-10,13H,3-7,11H2,1-2H3,(H,19,20). The smallest absolute Gasteiger partial charge is 0.309 e. The van der Waals surface area contributed by atoms with E-state index >= 15 is 0 Å². The molecule has 0 atom stereocenters. The van der Waals surface area contributed by atoms with Gasteiger partial charge in [0.25, 0.3) is 0 Å². The molecule has 0 bridgehead atoms. The van der Waals surface area contributed by atoms with Gasteiger partial charge in [-0.25, -0.2) is 0 Å². The first kappa shape index (κ1) is 15.6. The molecule has 2 rings (SSSR count). The fraction of sp³-hybridized carbons (Fsp3) is 0.588. The van der Waals surface area contributed by atoms with Gasteiger partial charge in [0.15, 0.2) is 0 Å². The Morgan fingerprint density at radius 2 is 1.95 bits per heavy atom. The van der Waals surface area contributed by atoms with Crippen LogP contribution in [0.4, 0.5) is 0 Å². The zero-order chi connectivity index (χ0) is 14.8. The minimum Gasteiger partial charge on any atom is -0.481 e. The van der Waals surface area contributed by atoms with Crippen molar-refractivity contribution in [3.05, 3.63) is 33.8 Å². The van der Waals surface area contributed by atoms with E-state index in [1.165, 1.54) is 37.7 Å². The first-order valence-electron chi connectivity index (χ1n) is 7.42. The number of rotatable bonds is 4. The molecule has 3 heteroatoms. The van der Waals surface area contributed by atoms with Gasteiger partial charge >= 0.3 is 5.97 Å². The highest BCUT2D eigenvalue weighted by Gasteiger charge is 2.27. The Kier molecular flexibility index (Phi) is 4.90. The summed E-state index contributed by atoms with van der Waals surface area (Å²) in [5.74, 6) is -0.0790. The molecule has 0 aromatic heterocycles. The molecule has 0 saturated heterocycles. The summed E-state index contributed by atoms with van der Waals surface area (Å²) in [4.78, 5) is 11.2. The number of carboxylic acids is 1. The molecule has 0 aliphatic heterocycles. The molecule has 1 saturated carbocycles. The molecule has 1 aliphatic rings. The molecular formula is C17H23BrO2. The number of hydrogen-bond acceptors (Lipinski definition) is 1. The molecule has 0 unspecified atom stereocenters. The second-order valence-electron chi connectivity index (χ2n) is 6.56. The van der Waals surface area contributed by atoms with Crippen LogP contribution in [0, 0.1) is 5.41 Å². The van der Waals surface area contributed by atoms with E-state index in [9.17, 15) is 9.90 Å². The van der Waals surface area contributed by atoms with Crippen molar-refractivity contribution in [2.24, 2.45) is 5.41 Å². The van der Waals surface area contributed by atoms with Gasteiger partial charge in [0.1, 0.15) is 0 Å². The van der Waals surface area contributed by atoms with E-state index in [1.54, 1.807) is 13.8 Å².